The normalized spacial score (nSPS) is 9.81. The van der Waals surface area contributed by atoms with Crippen molar-refractivity contribution in [2.75, 3.05) is 11.9 Å². The quantitative estimate of drug-likeness (QED) is 0.859. The number of benzene rings is 1. The smallest absolute Gasteiger partial charge is 0.259 e. The lowest BCUT2D eigenvalue weighted by Gasteiger charge is -2.11. The van der Waals surface area contributed by atoms with Crippen molar-refractivity contribution in [1.82, 2.24) is 0 Å². The summed E-state index contributed by atoms with van der Waals surface area (Å²) in [6.07, 6.45) is 2.30. The number of furan rings is 1. The fraction of sp³-hybridized carbons (Fsp3) is 0.267. The summed E-state index contributed by atoms with van der Waals surface area (Å²) >= 11 is 0. The standard InChI is InChI=1S/C15H18N2O3.ClH/c1-2-7-19-14-6-4-3-5-13(14)17-15(18)11-8-12(9-16)20-10-11;/h3-6,8,10H,2,7,9,16H2,1H3,(H,17,18);1H. The largest absolute Gasteiger partial charge is 0.491 e. The van der Waals surface area contributed by atoms with E-state index in [9.17, 15) is 4.79 Å². The number of anilines is 1. The molecule has 1 aromatic carbocycles. The van der Waals surface area contributed by atoms with Gasteiger partial charge < -0.3 is 20.2 Å². The highest BCUT2D eigenvalue weighted by Crippen LogP contribution is 2.24. The number of ether oxygens (including phenoxy) is 1. The van der Waals surface area contributed by atoms with E-state index < -0.39 is 0 Å². The number of halogens is 1. The number of hydrogen-bond acceptors (Lipinski definition) is 4. The molecule has 2 rings (SSSR count). The minimum absolute atomic E-state index is 0. The van der Waals surface area contributed by atoms with Crippen LogP contribution in [0.4, 0.5) is 5.69 Å². The van der Waals surface area contributed by atoms with Gasteiger partial charge in [-0.25, -0.2) is 0 Å². The molecular formula is C15H19ClN2O3. The number of carbonyl (C=O) groups is 1. The predicted molar refractivity (Wildman–Crippen MR) is 84.0 cm³/mol. The SMILES string of the molecule is CCCOc1ccccc1NC(=O)c1coc(CN)c1.Cl. The molecule has 0 spiro atoms. The molecule has 0 aliphatic rings. The van der Waals surface area contributed by atoms with E-state index in [1.54, 1.807) is 12.1 Å². The van der Waals surface area contributed by atoms with Crippen LogP contribution in [0.15, 0.2) is 41.0 Å². The van der Waals surface area contributed by atoms with Gasteiger partial charge in [0.2, 0.25) is 0 Å². The van der Waals surface area contributed by atoms with Crippen LogP contribution in [0.2, 0.25) is 0 Å². The fourth-order valence-electron chi connectivity index (χ4n) is 1.71. The van der Waals surface area contributed by atoms with Crippen molar-refractivity contribution < 1.29 is 13.9 Å². The van der Waals surface area contributed by atoms with Crippen LogP contribution in [0.3, 0.4) is 0 Å². The Labute approximate surface area is 129 Å². The van der Waals surface area contributed by atoms with E-state index in [0.29, 0.717) is 29.4 Å². The third-order valence-corrected chi connectivity index (χ3v) is 2.71. The first-order valence-corrected chi connectivity index (χ1v) is 6.55. The third-order valence-electron chi connectivity index (χ3n) is 2.71. The Kier molecular flexibility index (Phi) is 6.78. The molecule has 1 heterocycles. The summed E-state index contributed by atoms with van der Waals surface area (Å²) in [6.45, 7) is 2.90. The van der Waals surface area contributed by atoms with Crippen LogP contribution in [0.5, 0.6) is 5.75 Å². The van der Waals surface area contributed by atoms with Crippen LogP contribution in [0.1, 0.15) is 29.5 Å². The Balaban J connectivity index is 0.00000220. The number of rotatable bonds is 6. The molecule has 21 heavy (non-hydrogen) atoms. The Morgan fingerprint density at radius 3 is 2.81 bits per heavy atom. The van der Waals surface area contributed by atoms with Crippen LogP contribution in [-0.4, -0.2) is 12.5 Å². The molecule has 1 amide bonds. The molecule has 0 aliphatic carbocycles. The highest BCUT2D eigenvalue weighted by atomic mass is 35.5. The van der Waals surface area contributed by atoms with E-state index in [-0.39, 0.29) is 24.9 Å². The van der Waals surface area contributed by atoms with Crippen LogP contribution in [-0.2, 0) is 6.54 Å². The maximum Gasteiger partial charge on any atom is 0.259 e. The van der Waals surface area contributed by atoms with Gasteiger partial charge in [-0.1, -0.05) is 19.1 Å². The zero-order chi connectivity index (χ0) is 14.4. The Morgan fingerprint density at radius 2 is 2.14 bits per heavy atom. The first kappa shape index (κ1) is 17.1. The molecule has 0 bridgehead atoms. The van der Waals surface area contributed by atoms with E-state index in [1.807, 2.05) is 25.1 Å². The van der Waals surface area contributed by atoms with Gasteiger partial charge in [0, 0.05) is 0 Å². The lowest BCUT2D eigenvalue weighted by molar-refractivity contribution is 0.102. The molecule has 3 N–H and O–H groups in total. The van der Waals surface area contributed by atoms with Crippen LogP contribution >= 0.6 is 12.4 Å². The van der Waals surface area contributed by atoms with Crippen molar-refractivity contribution in [3.63, 3.8) is 0 Å². The van der Waals surface area contributed by atoms with Crippen molar-refractivity contribution in [3.8, 4) is 5.75 Å². The molecule has 6 heteroatoms. The molecule has 0 aliphatic heterocycles. The summed E-state index contributed by atoms with van der Waals surface area (Å²) in [5.74, 6) is 0.983. The number of hydrogen-bond donors (Lipinski definition) is 2. The van der Waals surface area contributed by atoms with Gasteiger partial charge in [-0.15, -0.1) is 12.4 Å². The number of carbonyl (C=O) groups excluding carboxylic acids is 1. The van der Waals surface area contributed by atoms with E-state index in [1.165, 1.54) is 6.26 Å². The molecule has 0 unspecified atom stereocenters. The third kappa shape index (κ3) is 4.51. The van der Waals surface area contributed by atoms with Crippen molar-refractivity contribution in [3.05, 3.63) is 47.9 Å². The number of amides is 1. The maximum absolute atomic E-state index is 12.1. The van der Waals surface area contributed by atoms with Gasteiger partial charge >= 0.3 is 0 Å². The second kappa shape index (κ2) is 8.34. The minimum atomic E-state index is -0.249. The highest BCUT2D eigenvalue weighted by molar-refractivity contribution is 6.04. The average Bonchev–Trinajstić information content (AvgIpc) is 2.95. The number of para-hydroxylation sites is 2. The Hall–Kier alpha value is -1.98. The minimum Gasteiger partial charge on any atom is -0.491 e. The van der Waals surface area contributed by atoms with Gasteiger partial charge in [-0.05, 0) is 24.6 Å². The molecule has 0 atom stereocenters. The lowest BCUT2D eigenvalue weighted by Crippen LogP contribution is -2.12. The van der Waals surface area contributed by atoms with Crippen molar-refractivity contribution in [2.24, 2.45) is 5.73 Å². The molecule has 0 saturated carbocycles. The highest BCUT2D eigenvalue weighted by Gasteiger charge is 2.12. The predicted octanol–water partition coefficient (Wildman–Crippen LogP) is 3.20. The van der Waals surface area contributed by atoms with E-state index in [4.69, 9.17) is 14.9 Å². The van der Waals surface area contributed by atoms with Gasteiger partial charge in [0.1, 0.15) is 17.8 Å². The van der Waals surface area contributed by atoms with E-state index >= 15 is 0 Å². The zero-order valence-corrected chi connectivity index (χ0v) is 12.6. The van der Waals surface area contributed by atoms with Crippen molar-refractivity contribution in [2.45, 2.75) is 19.9 Å². The van der Waals surface area contributed by atoms with Gasteiger partial charge in [-0.2, -0.15) is 0 Å². The summed E-state index contributed by atoms with van der Waals surface area (Å²) < 4.78 is 10.7. The fourth-order valence-corrected chi connectivity index (χ4v) is 1.71. The second-order valence-corrected chi connectivity index (χ2v) is 4.30. The van der Waals surface area contributed by atoms with Crippen LogP contribution in [0, 0.1) is 0 Å². The topological polar surface area (TPSA) is 77.5 Å². The second-order valence-electron chi connectivity index (χ2n) is 4.30. The van der Waals surface area contributed by atoms with Gasteiger partial charge in [-0.3, -0.25) is 4.79 Å². The van der Waals surface area contributed by atoms with E-state index in [0.717, 1.165) is 6.42 Å². The molecule has 5 nitrogen and oxygen atoms in total. The summed E-state index contributed by atoms with van der Waals surface area (Å²) in [7, 11) is 0. The van der Waals surface area contributed by atoms with Crippen LogP contribution < -0.4 is 15.8 Å². The van der Waals surface area contributed by atoms with Gasteiger partial charge in [0.05, 0.1) is 24.4 Å². The number of nitrogens with one attached hydrogen (secondary N) is 1. The molecule has 114 valence electrons. The summed E-state index contributed by atoms with van der Waals surface area (Å²) in [4.78, 5) is 12.1. The van der Waals surface area contributed by atoms with Crippen LogP contribution in [0.25, 0.3) is 0 Å². The molecule has 0 fully saturated rings. The summed E-state index contributed by atoms with van der Waals surface area (Å²) in [6, 6.07) is 8.96. The summed E-state index contributed by atoms with van der Waals surface area (Å²) in [5.41, 5.74) is 6.53. The van der Waals surface area contributed by atoms with Crippen molar-refractivity contribution in [1.29, 1.82) is 0 Å². The molecule has 2 aromatic rings. The first-order chi connectivity index (χ1) is 9.74. The first-order valence-electron chi connectivity index (χ1n) is 6.55. The Bertz CT molecular complexity index is 584. The zero-order valence-electron chi connectivity index (χ0n) is 11.8. The molecule has 1 aromatic heterocycles. The maximum atomic E-state index is 12.1. The molecular weight excluding hydrogens is 292 g/mol. The van der Waals surface area contributed by atoms with Gasteiger partial charge in [0.25, 0.3) is 5.91 Å². The summed E-state index contributed by atoms with van der Waals surface area (Å²) in [5, 5.41) is 2.81. The average molecular weight is 311 g/mol. The van der Waals surface area contributed by atoms with Crippen molar-refractivity contribution >= 4 is 24.0 Å². The molecule has 0 radical (unpaired) electrons. The monoisotopic (exact) mass is 310 g/mol. The lowest BCUT2D eigenvalue weighted by atomic mass is 10.2. The number of nitrogens with two attached hydrogens (primary N) is 1. The van der Waals surface area contributed by atoms with E-state index in [2.05, 4.69) is 5.32 Å². The van der Waals surface area contributed by atoms with Gasteiger partial charge in [0.15, 0.2) is 0 Å². The Morgan fingerprint density at radius 1 is 1.38 bits per heavy atom. The molecule has 0 saturated heterocycles.